The Hall–Kier alpha value is -3.15. The molecule has 0 saturated heterocycles. The van der Waals surface area contributed by atoms with Crippen LogP contribution in [0.15, 0.2) is 52.9 Å². The van der Waals surface area contributed by atoms with E-state index in [0.29, 0.717) is 5.89 Å². The zero-order valence-corrected chi connectivity index (χ0v) is 13.4. The molecule has 24 heavy (non-hydrogen) atoms. The maximum atomic E-state index is 5.75. The van der Waals surface area contributed by atoms with Gasteiger partial charge in [-0.15, -0.1) is 0 Å². The van der Waals surface area contributed by atoms with Crippen LogP contribution in [0.4, 0.5) is 0 Å². The number of oxazole rings is 1. The third-order valence-corrected chi connectivity index (χ3v) is 3.66. The lowest BCUT2D eigenvalue weighted by Crippen LogP contribution is -2.00. The fourth-order valence-electron chi connectivity index (χ4n) is 2.58. The van der Waals surface area contributed by atoms with Crippen molar-refractivity contribution in [3.05, 3.63) is 66.1 Å². The summed E-state index contributed by atoms with van der Waals surface area (Å²) in [5.41, 5.74) is 2.55. The minimum absolute atomic E-state index is 0.287. The number of fused-ring (bicyclic) bond motifs is 1. The largest absolute Gasteiger partial charge is 0.484 e. The van der Waals surface area contributed by atoms with Gasteiger partial charge in [0.25, 0.3) is 0 Å². The van der Waals surface area contributed by atoms with Gasteiger partial charge in [0, 0.05) is 0 Å². The molecule has 4 rings (SSSR count). The molecule has 0 bridgehead atoms. The van der Waals surface area contributed by atoms with E-state index in [9.17, 15) is 0 Å². The normalized spacial score (nSPS) is 11.1. The molecule has 2 heterocycles. The van der Waals surface area contributed by atoms with E-state index in [1.165, 1.54) is 0 Å². The molecule has 6 nitrogen and oxygen atoms in total. The third-order valence-electron chi connectivity index (χ3n) is 3.66. The lowest BCUT2D eigenvalue weighted by atomic mass is 10.3. The first-order valence-electron chi connectivity index (χ1n) is 7.67. The highest BCUT2D eigenvalue weighted by atomic mass is 16.5. The molecule has 0 aliphatic heterocycles. The Morgan fingerprint density at radius 2 is 1.79 bits per heavy atom. The second kappa shape index (κ2) is 5.81. The van der Waals surface area contributed by atoms with E-state index in [1.54, 1.807) is 4.68 Å². The van der Waals surface area contributed by atoms with Crippen molar-refractivity contribution in [2.75, 3.05) is 0 Å². The van der Waals surface area contributed by atoms with E-state index >= 15 is 0 Å². The second-order valence-electron chi connectivity index (χ2n) is 5.48. The average molecular weight is 320 g/mol. The molecule has 120 valence electrons. The number of ether oxygens (including phenoxy) is 1. The van der Waals surface area contributed by atoms with Crippen LogP contribution in [0.1, 0.15) is 17.5 Å². The predicted molar refractivity (Wildman–Crippen MR) is 89.2 cm³/mol. The fraction of sp³-hybridized carbons (Fsp3) is 0.167. The summed E-state index contributed by atoms with van der Waals surface area (Å²) >= 11 is 0. The fourth-order valence-corrected chi connectivity index (χ4v) is 2.58. The first kappa shape index (κ1) is 14.4. The van der Waals surface area contributed by atoms with Gasteiger partial charge >= 0.3 is 0 Å². The molecule has 0 fully saturated rings. The van der Waals surface area contributed by atoms with Crippen LogP contribution in [-0.2, 0) is 6.61 Å². The SMILES string of the molecule is Cc1nc(C)n(-c2ccc(OCc3nc4ccccc4o3)cc2)n1. The van der Waals surface area contributed by atoms with E-state index in [2.05, 4.69) is 15.1 Å². The highest BCUT2D eigenvalue weighted by Crippen LogP contribution is 2.19. The Balaban J connectivity index is 1.48. The summed E-state index contributed by atoms with van der Waals surface area (Å²) in [6.07, 6.45) is 0. The minimum atomic E-state index is 0.287. The summed E-state index contributed by atoms with van der Waals surface area (Å²) in [7, 11) is 0. The van der Waals surface area contributed by atoms with Crippen LogP contribution in [0.25, 0.3) is 16.8 Å². The molecule has 0 aliphatic carbocycles. The predicted octanol–water partition coefficient (Wildman–Crippen LogP) is 3.60. The number of nitrogens with zero attached hydrogens (tertiary/aromatic N) is 4. The standard InChI is InChI=1S/C18H16N4O2/c1-12-19-13(2)22(21-12)14-7-9-15(10-8-14)23-11-18-20-16-5-3-4-6-17(16)24-18/h3-10H,11H2,1-2H3. The number of para-hydroxylation sites is 2. The van der Waals surface area contributed by atoms with Crippen molar-refractivity contribution >= 4 is 11.1 Å². The van der Waals surface area contributed by atoms with Crippen molar-refractivity contribution in [3.63, 3.8) is 0 Å². The van der Waals surface area contributed by atoms with Crippen molar-refractivity contribution in [2.24, 2.45) is 0 Å². The molecule has 0 amide bonds. The Morgan fingerprint density at radius 1 is 1.00 bits per heavy atom. The number of aryl methyl sites for hydroxylation is 2. The van der Waals surface area contributed by atoms with Gasteiger partial charge in [-0.2, -0.15) is 5.10 Å². The second-order valence-corrected chi connectivity index (χ2v) is 5.48. The van der Waals surface area contributed by atoms with Crippen molar-refractivity contribution in [1.29, 1.82) is 0 Å². The van der Waals surface area contributed by atoms with Crippen molar-refractivity contribution in [1.82, 2.24) is 19.7 Å². The van der Waals surface area contributed by atoms with Gasteiger partial charge in [-0.25, -0.2) is 14.6 Å². The molecule has 0 saturated carbocycles. The molecule has 4 aromatic rings. The Labute approximate surface area is 138 Å². The molecule has 0 unspecified atom stereocenters. The monoisotopic (exact) mass is 320 g/mol. The number of aromatic nitrogens is 4. The molecule has 0 N–H and O–H groups in total. The first-order chi connectivity index (χ1) is 11.7. The average Bonchev–Trinajstić information content (AvgIpc) is 3.15. The maximum absolute atomic E-state index is 5.75. The van der Waals surface area contributed by atoms with Crippen LogP contribution in [0.2, 0.25) is 0 Å². The van der Waals surface area contributed by atoms with E-state index in [-0.39, 0.29) is 6.61 Å². The lowest BCUT2D eigenvalue weighted by Gasteiger charge is -2.06. The zero-order chi connectivity index (χ0) is 16.5. The van der Waals surface area contributed by atoms with Gasteiger partial charge in [-0.1, -0.05) is 12.1 Å². The van der Waals surface area contributed by atoms with E-state index in [4.69, 9.17) is 9.15 Å². The van der Waals surface area contributed by atoms with Crippen LogP contribution in [0, 0.1) is 13.8 Å². The van der Waals surface area contributed by atoms with Gasteiger partial charge in [0.15, 0.2) is 12.2 Å². The Kier molecular flexibility index (Phi) is 3.49. The molecule has 0 radical (unpaired) electrons. The minimum Gasteiger partial charge on any atom is -0.484 e. The summed E-state index contributed by atoms with van der Waals surface area (Å²) in [4.78, 5) is 8.70. The van der Waals surface area contributed by atoms with Crippen LogP contribution in [0.3, 0.4) is 0 Å². The van der Waals surface area contributed by atoms with E-state index in [1.807, 2.05) is 62.4 Å². The van der Waals surface area contributed by atoms with Crippen molar-refractivity contribution < 1.29 is 9.15 Å². The van der Waals surface area contributed by atoms with E-state index in [0.717, 1.165) is 34.2 Å². The number of rotatable bonds is 4. The Morgan fingerprint density at radius 3 is 2.50 bits per heavy atom. The summed E-state index contributed by atoms with van der Waals surface area (Å²) < 4.78 is 13.2. The summed E-state index contributed by atoms with van der Waals surface area (Å²) in [6, 6.07) is 15.4. The van der Waals surface area contributed by atoms with Crippen molar-refractivity contribution in [2.45, 2.75) is 20.5 Å². The van der Waals surface area contributed by atoms with Gasteiger partial charge in [0.2, 0.25) is 5.89 Å². The van der Waals surface area contributed by atoms with Gasteiger partial charge in [-0.05, 0) is 50.2 Å². The van der Waals surface area contributed by atoms with Gasteiger partial charge in [0.1, 0.15) is 22.9 Å². The lowest BCUT2D eigenvalue weighted by molar-refractivity contribution is 0.267. The maximum Gasteiger partial charge on any atom is 0.233 e. The third kappa shape index (κ3) is 2.74. The Bertz CT molecular complexity index is 953. The molecule has 2 aromatic carbocycles. The highest BCUT2D eigenvalue weighted by Gasteiger charge is 2.07. The molecule has 2 aromatic heterocycles. The topological polar surface area (TPSA) is 66.0 Å². The molecular weight excluding hydrogens is 304 g/mol. The van der Waals surface area contributed by atoms with Crippen LogP contribution >= 0.6 is 0 Å². The van der Waals surface area contributed by atoms with Gasteiger partial charge in [-0.3, -0.25) is 0 Å². The molecular formula is C18H16N4O2. The molecule has 0 aliphatic rings. The number of benzene rings is 2. The van der Waals surface area contributed by atoms with Crippen LogP contribution < -0.4 is 4.74 Å². The summed E-state index contributed by atoms with van der Waals surface area (Å²) in [6.45, 7) is 4.09. The number of hydrogen-bond donors (Lipinski definition) is 0. The zero-order valence-electron chi connectivity index (χ0n) is 13.4. The quantitative estimate of drug-likeness (QED) is 0.575. The van der Waals surface area contributed by atoms with Gasteiger partial charge < -0.3 is 9.15 Å². The van der Waals surface area contributed by atoms with Crippen LogP contribution in [-0.4, -0.2) is 19.7 Å². The summed E-state index contributed by atoms with van der Waals surface area (Å²) in [5, 5.41) is 4.37. The van der Waals surface area contributed by atoms with E-state index < -0.39 is 0 Å². The van der Waals surface area contributed by atoms with Gasteiger partial charge in [0.05, 0.1) is 5.69 Å². The highest BCUT2D eigenvalue weighted by molar-refractivity contribution is 5.72. The number of hydrogen-bond acceptors (Lipinski definition) is 5. The van der Waals surface area contributed by atoms with Crippen LogP contribution in [0.5, 0.6) is 5.75 Å². The van der Waals surface area contributed by atoms with Crippen molar-refractivity contribution in [3.8, 4) is 11.4 Å². The molecule has 0 spiro atoms. The molecule has 6 heteroatoms. The first-order valence-corrected chi connectivity index (χ1v) is 7.67. The smallest absolute Gasteiger partial charge is 0.233 e. The molecule has 0 atom stereocenters. The summed E-state index contributed by atoms with van der Waals surface area (Å²) in [5.74, 6) is 2.91.